The van der Waals surface area contributed by atoms with Crippen LogP contribution in [0, 0.1) is 0 Å². The number of nitrogens with zero attached hydrogens (tertiary/aromatic N) is 1. The van der Waals surface area contributed by atoms with Crippen LogP contribution in [0.5, 0.6) is 0 Å². The zero-order valence-corrected chi connectivity index (χ0v) is 7.58. The van der Waals surface area contributed by atoms with Gasteiger partial charge in [-0.1, -0.05) is 12.1 Å². The minimum Gasteiger partial charge on any atom is -0.440 e. The largest absolute Gasteiger partial charge is 0.440 e. The van der Waals surface area contributed by atoms with E-state index in [2.05, 4.69) is 17.6 Å². The van der Waals surface area contributed by atoms with Crippen molar-refractivity contribution in [3.05, 3.63) is 30.2 Å². The van der Waals surface area contributed by atoms with Gasteiger partial charge in [-0.3, -0.25) is 0 Å². The van der Waals surface area contributed by atoms with Crippen molar-refractivity contribution < 1.29 is 4.42 Å². The molecule has 0 saturated heterocycles. The van der Waals surface area contributed by atoms with E-state index in [9.17, 15) is 0 Å². The van der Waals surface area contributed by atoms with E-state index in [4.69, 9.17) is 4.42 Å². The summed E-state index contributed by atoms with van der Waals surface area (Å²) in [5.74, 6) is 0.680. The van der Waals surface area contributed by atoms with Crippen molar-refractivity contribution in [1.82, 2.24) is 4.98 Å². The zero-order chi connectivity index (χ0) is 8.55. The van der Waals surface area contributed by atoms with Gasteiger partial charge in [-0.05, 0) is 19.1 Å². The lowest BCUT2D eigenvalue weighted by Crippen LogP contribution is -1.81. The van der Waals surface area contributed by atoms with Crippen LogP contribution in [-0.2, 0) is 0 Å². The molecular weight excluding hydrogens is 170 g/mol. The first kappa shape index (κ1) is 7.68. The Kier molecular flexibility index (Phi) is 1.81. The van der Waals surface area contributed by atoms with Gasteiger partial charge in [0.15, 0.2) is 5.58 Å². The van der Waals surface area contributed by atoms with E-state index in [1.807, 2.05) is 31.2 Å². The van der Waals surface area contributed by atoms with Crippen molar-refractivity contribution in [2.75, 3.05) is 0 Å². The summed E-state index contributed by atoms with van der Waals surface area (Å²) in [6, 6.07) is 7.71. The minimum absolute atomic E-state index is 0.0531. The molecule has 1 unspecified atom stereocenters. The van der Waals surface area contributed by atoms with Crippen LogP contribution in [0.15, 0.2) is 28.7 Å². The van der Waals surface area contributed by atoms with Gasteiger partial charge in [0, 0.05) is 0 Å². The lowest BCUT2D eigenvalue weighted by molar-refractivity contribution is 0.535. The molecule has 1 atom stereocenters. The monoisotopic (exact) mass is 179 g/mol. The highest BCUT2D eigenvalue weighted by Crippen LogP contribution is 2.22. The summed E-state index contributed by atoms with van der Waals surface area (Å²) in [5, 5.41) is 0.0531. The molecule has 0 amide bonds. The first-order valence-corrected chi connectivity index (χ1v) is 4.32. The zero-order valence-electron chi connectivity index (χ0n) is 6.69. The number of hydrogen-bond donors (Lipinski definition) is 1. The molecule has 62 valence electrons. The smallest absolute Gasteiger partial charge is 0.208 e. The SMILES string of the molecule is CC(S)c1nc2ccccc2o1. The Labute approximate surface area is 76.0 Å². The van der Waals surface area contributed by atoms with Crippen LogP contribution < -0.4 is 0 Å². The van der Waals surface area contributed by atoms with Gasteiger partial charge in [0.05, 0.1) is 5.25 Å². The summed E-state index contributed by atoms with van der Waals surface area (Å²) >= 11 is 4.24. The van der Waals surface area contributed by atoms with Gasteiger partial charge in [0.1, 0.15) is 5.52 Å². The predicted octanol–water partition coefficient (Wildman–Crippen LogP) is 2.82. The second-order valence-electron chi connectivity index (χ2n) is 2.70. The highest BCUT2D eigenvalue weighted by Gasteiger charge is 2.08. The fourth-order valence-corrected chi connectivity index (χ4v) is 1.18. The van der Waals surface area contributed by atoms with Crippen LogP contribution in [0.25, 0.3) is 11.1 Å². The molecule has 2 aromatic rings. The van der Waals surface area contributed by atoms with Crippen molar-refractivity contribution in [2.45, 2.75) is 12.2 Å². The maximum atomic E-state index is 5.44. The first-order chi connectivity index (χ1) is 5.77. The number of thiol groups is 1. The minimum atomic E-state index is 0.0531. The van der Waals surface area contributed by atoms with E-state index < -0.39 is 0 Å². The molecule has 0 fully saturated rings. The molecule has 2 nitrogen and oxygen atoms in total. The second-order valence-corrected chi connectivity index (χ2v) is 3.47. The molecule has 0 radical (unpaired) electrons. The van der Waals surface area contributed by atoms with Crippen LogP contribution in [-0.4, -0.2) is 4.98 Å². The third kappa shape index (κ3) is 1.20. The average molecular weight is 179 g/mol. The molecule has 0 spiro atoms. The van der Waals surface area contributed by atoms with Crippen LogP contribution in [0.1, 0.15) is 18.1 Å². The van der Waals surface area contributed by atoms with E-state index in [1.165, 1.54) is 0 Å². The van der Waals surface area contributed by atoms with Crippen molar-refractivity contribution in [1.29, 1.82) is 0 Å². The number of para-hydroxylation sites is 2. The molecule has 0 bridgehead atoms. The molecule has 0 saturated carbocycles. The van der Waals surface area contributed by atoms with Crippen molar-refractivity contribution in [2.24, 2.45) is 0 Å². The molecule has 12 heavy (non-hydrogen) atoms. The van der Waals surface area contributed by atoms with E-state index in [1.54, 1.807) is 0 Å². The molecular formula is C9H9NOS. The molecule has 1 aromatic heterocycles. The Morgan fingerprint density at radius 2 is 2.17 bits per heavy atom. The standard InChI is InChI=1S/C9H9NOS/c1-6(12)9-10-7-4-2-3-5-8(7)11-9/h2-6,12H,1H3. The van der Waals surface area contributed by atoms with Crippen LogP contribution in [0.4, 0.5) is 0 Å². The van der Waals surface area contributed by atoms with Gasteiger partial charge >= 0.3 is 0 Å². The summed E-state index contributed by atoms with van der Waals surface area (Å²) in [6.07, 6.45) is 0. The van der Waals surface area contributed by atoms with Crippen LogP contribution in [0.3, 0.4) is 0 Å². The summed E-state index contributed by atoms with van der Waals surface area (Å²) < 4.78 is 5.44. The molecule has 0 N–H and O–H groups in total. The highest BCUT2D eigenvalue weighted by molar-refractivity contribution is 7.80. The predicted molar refractivity (Wildman–Crippen MR) is 51.4 cm³/mol. The summed E-state index contributed by atoms with van der Waals surface area (Å²) in [5.41, 5.74) is 1.72. The maximum absolute atomic E-state index is 5.44. The Balaban J connectivity index is 2.62. The lowest BCUT2D eigenvalue weighted by atomic mass is 10.3. The van der Waals surface area contributed by atoms with Crippen LogP contribution in [0.2, 0.25) is 0 Å². The fourth-order valence-electron chi connectivity index (χ4n) is 1.07. The average Bonchev–Trinajstić information content (AvgIpc) is 2.46. The molecule has 0 aliphatic carbocycles. The van der Waals surface area contributed by atoms with Gasteiger partial charge in [0.25, 0.3) is 0 Å². The number of rotatable bonds is 1. The van der Waals surface area contributed by atoms with E-state index >= 15 is 0 Å². The normalized spacial score (nSPS) is 13.5. The Morgan fingerprint density at radius 1 is 1.42 bits per heavy atom. The fraction of sp³-hybridized carbons (Fsp3) is 0.222. The van der Waals surface area contributed by atoms with Gasteiger partial charge in [0.2, 0.25) is 5.89 Å². The van der Waals surface area contributed by atoms with Crippen molar-refractivity contribution in [3.63, 3.8) is 0 Å². The molecule has 2 rings (SSSR count). The number of aromatic nitrogens is 1. The Bertz CT molecular complexity index is 361. The molecule has 0 aliphatic rings. The highest BCUT2D eigenvalue weighted by atomic mass is 32.1. The molecule has 1 aromatic carbocycles. The van der Waals surface area contributed by atoms with E-state index in [0.717, 1.165) is 11.1 Å². The van der Waals surface area contributed by atoms with Gasteiger partial charge < -0.3 is 4.42 Å². The maximum Gasteiger partial charge on any atom is 0.208 e. The molecule has 1 heterocycles. The van der Waals surface area contributed by atoms with E-state index in [-0.39, 0.29) is 5.25 Å². The van der Waals surface area contributed by atoms with Crippen molar-refractivity contribution in [3.8, 4) is 0 Å². The third-order valence-electron chi connectivity index (χ3n) is 1.67. The van der Waals surface area contributed by atoms with Gasteiger partial charge in [-0.25, -0.2) is 4.98 Å². The molecule has 3 heteroatoms. The number of benzene rings is 1. The number of fused-ring (bicyclic) bond motifs is 1. The topological polar surface area (TPSA) is 26.0 Å². The van der Waals surface area contributed by atoms with Gasteiger partial charge in [-0.2, -0.15) is 12.6 Å². The summed E-state index contributed by atoms with van der Waals surface area (Å²) in [6.45, 7) is 1.94. The summed E-state index contributed by atoms with van der Waals surface area (Å²) in [4.78, 5) is 4.27. The van der Waals surface area contributed by atoms with Crippen molar-refractivity contribution >= 4 is 23.7 Å². The van der Waals surface area contributed by atoms with Crippen LogP contribution >= 0.6 is 12.6 Å². The Morgan fingerprint density at radius 3 is 2.83 bits per heavy atom. The quantitative estimate of drug-likeness (QED) is 0.681. The van der Waals surface area contributed by atoms with Gasteiger partial charge in [-0.15, -0.1) is 0 Å². The lowest BCUT2D eigenvalue weighted by Gasteiger charge is -1.92. The molecule has 0 aliphatic heterocycles. The van der Waals surface area contributed by atoms with E-state index in [0.29, 0.717) is 5.89 Å². The third-order valence-corrected chi connectivity index (χ3v) is 1.89. The Hall–Kier alpha value is -0.960. The number of hydrogen-bond acceptors (Lipinski definition) is 3. The summed E-state index contributed by atoms with van der Waals surface area (Å²) in [7, 11) is 0. The second kappa shape index (κ2) is 2.83. The number of oxazole rings is 1. The first-order valence-electron chi connectivity index (χ1n) is 3.81.